The molecule has 1 aromatic heterocycles. The van der Waals surface area contributed by atoms with E-state index in [-0.39, 0.29) is 17.9 Å². The minimum absolute atomic E-state index is 0.0311. The molecule has 1 rings (SSSR count). The Labute approximate surface area is 80.9 Å². The van der Waals surface area contributed by atoms with Crippen LogP contribution in [0.25, 0.3) is 0 Å². The number of aromatic amines is 1. The molecule has 0 radical (unpaired) electrons. The van der Waals surface area contributed by atoms with E-state index >= 15 is 0 Å². The first-order valence-corrected chi connectivity index (χ1v) is 3.97. The number of H-pyrrole nitrogens is 1. The predicted octanol–water partition coefficient (Wildman–Crippen LogP) is 0.290. The highest BCUT2D eigenvalue weighted by molar-refractivity contribution is 5.72. The molecular formula is C10H9NO3. The molecule has 0 aliphatic carbocycles. The van der Waals surface area contributed by atoms with E-state index in [1.165, 1.54) is 19.4 Å². The summed E-state index contributed by atoms with van der Waals surface area (Å²) in [4.78, 5) is 24.0. The van der Waals surface area contributed by atoms with Crippen LogP contribution in [-0.2, 0) is 9.53 Å². The van der Waals surface area contributed by atoms with Gasteiger partial charge in [0, 0.05) is 17.8 Å². The number of aromatic nitrogens is 1. The van der Waals surface area contributed by atoms with Gasteiger partial charge in [-0.25, -0.2) is 0 Å². The zero-order chi connectivity index (χ0) is 10.4. The molecule has 1 aromatic rings. The summed E-state index contributed by atoms with van der Waals surface area (Å²) in [5, 5.41) is 0. The lowest BCUT2D eigenvalue weighted by atomic mass is 10.2. The zero-order valence-corrected chi connectivity index (χ0v) is 7.66. The van der Waals surface area contributed by atoms with Crippen LogP contribution in [0.2, 0.25) is 0 Å². The molecule has 1 heterocycles. The lowest BCUT2D eigenvalue weighted by Crippen LogP contribution is -2.02. The highest BCUT2D eigenvalue weighted by Crippen LogP contribution is 1.89. The minimum Gasteiger partial charge on any atom is -0.468 e. The number of ether oxygens (including phenoxy) is 1. The van der Waals surface area contributed by atoms with Crippen molar-refractivity contribution in [2.75, 3.05) is 7.11 Å². The van der Waals surface area contributed by atoms with Crippen LogP contribution >= 0.6 is 0 Å². The minimum atomic E-state index is -0.387. The largest absolute Gasteiger partial charge is 0.468 e. The zero-order valence-electron chi connectivity index (χ0n) is 7.66. The fourth-order valence-corrected chi connectivity index (χ4v) is 0.813. The third-order valence-corrected chi connectivity index (χ3v) is 1.47. The Bertz CT molecular complexity index is 436. The molecule has 0 aliphatic rings. The van der Waals surface area contributed by atoms with Gasteiger partial charge in [0.2, 0.25) is 5.56 Å². The van der Waals surface area contributed by atoms with Gasteiger partial charge in [0.05, 0.1) is 7.11 Å². The molecule has 4 heteroatoms. The fraction of sp³-hybridized carbons (Fsp3) is 0.200. The van der Waals surface area contributed by atoms with E-state index in [0.717, 1.165) is 0 Å². The first-order valence-electron chi connectivity index (χ1n) is 3.97. The molecule has 0 atom stereocenters. The van der Waals surface area contributed by atoms with Crippen LogP contribution in [-0.4, -0.2) is 18.1 Å². The van der Waals surface area contributed by atoms with E-state index in [2.05, 4.69) is 21.6 Å². The van der Waals surface area contributed by atoms with E-state index in [1.807, 2.05) is 0 Å². The third-order valence-electron chi connectivity index (χ3n) is 1.47. The Balaban J connectivity index is 2.68. The molecule has 0 saturated carbocycles. The fourth-order valence-electron chi connectivity index (χ4n) is 0.813. The first kappa shape index (κ1) is 10.1. The molecule has 0 aromatic carbocycles. The molecule has 1 N–H and O–H groups in total. The van der Waals surface area contributed by atoms with Crippen molar-refractivity contribution >= 4 is 5.97 Å². The van der Waals surface area contributed by atoms with Gasteiger partial charge in [0.1, 0.15) is 6.42 Å². The summed E-state index contributed by atoms with van der Waals surface area (Å²) in [6.45, 7) is 0. The number of hydrogen-bond donors (Lipinski definition) is 1. The number of methoxy groups -OCH3 is 1. The second-order valence-corrected chi connectivity index (χ2v) is 2.50. The molecule has 72 valence electrons. The Morgan fingerprint density at radius 2 is 2.43 bits per heavy atom. The number of nitrogens with one attached hydrogen (secondary N) is 1. The van der Waals surface area contributed by atoms with Gasteiger partial charge in [-0.05, 0) is 6.07 Å². The van der Waals surface area contributed by atoms with E-state index in [9.17, 15) is 9.59 Å². The van der Waals surface area contributed by atoms with E-state index in [0.29, 0.717) is 5.56 Å². The van der Waals surface area contributed by atoms with Crippen LogP contribution in [0.3, 0.4) is 0 Å². The van der Waals surface area contributed by atoms with Crippen molar-refractivity contribution in [1.29, 1.82) is 0 Å². The summed E-state index contributed by atoms with van der Waals surface area (Å²) >= 11 is 0. The van der Waals surface area contributed by atoms with Gasteiger partial charge >= 0.3 is 5.97 Å². The van der Waals surface area contributed by atoms with Crippen molar-refractivity contribution in [2.24, 2.45) is 0 Å². The second-order valence-electron chi connectivity index (χ2n) is 2.50. The molecule has 14 heavy (non-hydrogen) atoms. The standard InChI is InChI=1S/C10H9NO3/c1-14-10(13)4-2-3-8-5-6-11-9(12)7-8/h5-7H,4H2,1H3,(H,11,12). The highest BCUT2D eigenvalue weighted by Gasteiger charge is 1.93. The summed E-state index contributed by atoms with van der Waals surface area (Å²) in [5.41, 5.74) is 0.368. The maximum Gasteiger partial charge on any atom is 0.317 e. The number of esters is 1. The smallest absolute Gasteiger partial charge is 0.317 e. The van der Waals surface area contributed by atoms with Crippen molar-refractivity contribution in [3.8, 4) is 11.8 Å². The molecule has 4 nitrogen and oxygen atoms in total. The number of carbonyl (C=O) groups is 1. The van der Waals surface area contributed by atoms with Gasteiger partial charge in [-0.1, -0.05) is 11.8 Å². The lowest BCUT2D eigenvalue weighted by molar-refractivity contribution is -0.139. The number of carbonyl (C=O) groups excluding carboxylic acids is 1. The first-order chi connectivity index (χ1) is 6.72. The van der Waals surface area contributed by atoms with Gasteiger partial charge < -0.3 is 9.72 Å². The maximum absolute atomic E-state index is 10.8. The van der Waals surface area contributed by atoms with Gasteiger partial charge in [0.15, 0.2) is 0 Å². The predicted molar refractivity (Wildman–Crippen MR) is 50.6 cm³/mol. The highest BCUT2D eigenvalue weighted by atomic mass is 16.5. The summed E-state index contributed by atoms with van der Waals surface area (Å²) < 4.78 is 4.40. The van der Waals surface area contributed by atoms with Gasteiger partial charge in [-0.3, -0.25) is 9.59 Å². The lowest BCUT2D eigenvalue weighted by Gasteiger charge is -1.89. The van der Waals surface area contributed by atoms with Crippen molar-refractivity contribution in [3.05, 3.63) is 34.2 Å². The molecule has 0 saturated heterocycles. The Morgan fingerprint density at radius 3 is 3.07 bits per heavy atom. The molecule has 0 bridgehead atoms. The molecule has 0 fully saturated rings. The number of pyridine rings is 1. The average molecular weight is 191 g/mol. The van der Waals surface area contributed by atoms with Crippen LogP contribution in [0, 0.1) is 11.8 Å². The summed E-state index contributed by atoms with van der Waals surface area (Å²) in [5.74, 6) is 4.90. The number of rotatable bonds is 1. The third kappa shape index (κ3) is 3.15. The topological polar surface area (TPSA) is 59.2 Å². The Kier molecular flexibility index (Phi) is 3.50. The summed E-state index contributed by atoms with van der Waals surface area (Å²) in [7, 11) is 1.30. The van der Waals surface area contributed by atoms with Crippen molar-refractivity contribution in [2.45, 2.75) is 6.42 Å². The Hall–Kier alpha value is -2.02. The summed E-state index contributed by atoms with van der Waals surface area (Å²) in [6, 6.07) is 3.02. The van der Waals surface area contributed by atoms with Crippen LogP contribution in [0.4, 0.5) is 0 Å². The van der Waals surface area contributed by atoms with Crippen molar-refractivity contribution in [3.63, 3.8) is 0 Å². The van der Waals surface area contributed by atoms with Crippen LogP contribution in [0.15, 0.2) is 23.1 Å². The van der Waals surface area contributed by atoms with Crippen LogP contribution in [0.1, 0.15) is 12.0 Å². The molecule has 0 aliphatic heterocycles. The molecule has 0 spiro atoms. The SMILES string of the molecule is COC(=O)CC#Cc1cc[nH]c(=O)c1. The molecule has 0 unspecified atom stereocenters. The number of hydrogen-bond acceptors (Lipinski definition) is 3. The van der Waals surface area contributed by atoms with E-state index < -0.39 is 0 Å². The monoisotopic (exact) mass is 191 g/mol. The van der Waals surface area contributed by atoms with E-state index in [4.69, 9.17) is 0 Å². The van der Waals surface area contributed by atoms with Crippen molar-refractivity contribution < 1.29 is 9.53 Å². The van der Waals surface area contributed by atoms with E-state index in [1.54, 1.807) is 6.07 Å². The molecular weight excluding hydrogens is 182 g/mol. The van der Waals surface area contributed by atoms with Crippen LogP contribution < -0.4 is 5.56 Å². The quantitative estimate of drug-likeness (QED) is 0.512. The van der Waals surface area contributed by atoms with Crippen LogP contribution in [0.5, 0.6) is 0 Å². The second kappa shape index (κ2) is 4.87. The summed E-state index contributed by atoms with van der Waals surface area (Å²) in [6.07, 6.45) is 1.54. The Morgan fingerprint density at radius 1 is 1.64 bits per heavy atom. The van der Waals surface area contributed by atoms with Gasteiger partial charge in [-0.2, -0.15) is 0 Å². The van der Waals surface area contributed by atoms with Crippen molar-refractivity contribution in [1.82, 2.24) is 4.98 Å². The maximum atomic E-state index is 10.8. The van der Waals surface area contributed by atoms with Gasteiger partial charge in [0.25, 0.3) is 0 Å². The average Bonchev–Trinajstić information content (AvgIpc) is 2.17. The normalized spacial score (nSPS) is 8.64. The van der Waals surface area contributed by atoms with Gasteiger partial charge in [-0.15, -0.1) is 0 Å². The molecule has 0 amide bonds.